The predicted molar refractivity (Wildman–Crippen MR) is 105 cm³/mol. The number of benzene rings is 2. The molecular formula is C24H18N2. The summed E-state index contributed by atoms with van der Waals surface area (Å²) in [5.41, 5.74) is 13.6. The topological polar surface area (TPSA) is 25.8 Å². The second kappa shape index (κ2) is 5.16. The van der Waals surface area contributed by atoms with Crippen LogP contribution in [0.2, 0.25) is 0 Å². The monoisotopic (exact) mass is 334 g/mol. The average Bonchev–Trinajstić information content (AvgIpc) is 2.89. The van der Waals surface area contributed by atoms with Crippen LogP contribution in [0.25, 0.3) is 34.2 Å². The van der Waals surface area contributed by atoms with Gasteiger partial charge >= 0.3 is 0 Å². The maximum atomic E-state index is 4.75. The maximum absolute atomic E-state index is 4.75. The molecule has 2 nitrogen and oxygen atoms in total. The van der Waals surface area contributed by atoms with Gasteiger partial charge < -0.3 is 0 Å². The summed E-state index contributed by atoms with van der Waals surface area (Å²) in [5.74, 6) is 0.756. The fourth-order valence-electron chi connectivity index (χ4n) is 4.14. The van der Waals surface area contributed by atoms with Crippen LogP contribution in [-0.4, -0.2) is 9.97 Å². The standard InChI is InChI=1S/C24H18N2/c1-15-25-22-11-7-5-9-19(22)23(26-15)16-12-13-18-17-8-4-6-10-20(17)24(2,3)21(18)14-16/h4-6,8-10,12-14H,1-3H3. The Morgan fingerprint density at radius 3 is 2.62 bits per heavy atom. The second-order valence-corrected chi connectivity index (χ2v) is 7.42. The van der Waals surface area contributed by atoms with Gasteiger partial charge in [-0.15, -0.1) is 0 Å². The minimum absolute atomic E-state index is 0.0142. The molecule has 2 aromatic carbocycles. The molecule has 26 heavy (non-hydrogen) atoms. The van der Waals surface area contributed by atoms with Gasteiger partial charge in [-0.3, -0.25) is 0 Å². The van der Waals surface area contributed by atoms with E-state index in [2.05, 4.69) is 72.8 Å². The lowest BCUT2D eigenvalue weighted by Crippen LogP contribution is -2.32. The van der Waals surface area contributed by atoms with Crippen LogP contribution in [0.5, 0.6) is 0 Å². The summed E-state index contributed by atoms with van der Waals surface area (Å²) in [5, 5.41) is 1.83. The van der Waals surface area contributed by atoms with E-state index in [1.54, 1.807) is 0 Å². The van der Waals surface area contributed by atoms with Crippen molar-refractivity contribution in [2.75, 3.05) is 0 Å². The van der Waals surface area contributed by atoms with E-state index in [-0.39, 0.29) is 5.41 Å². The molecule has 2 heteroatoms. The van der Waals surface area contributed by atoms with Gasteiger partial charge in [0.25, 0.3) is 0 Å². The van der Waals surface area contributed by atoms with E-state index in [9.17, 15) is 0 Å². The SMILES string of the molecule is Cc1nc(-c2ccc3c(c2)C(C)(C)c2ccccc2-3)c2c(n1)=C=C=CC=2. The van der Waals surface area contributed by atoms with E-state index in [0.29, 0.717) is 0 Å². The maximum Gasteiger partial charge on any atom is 0.127 e. The smallest absolute Gasteiger partial charge is 0.127 e. The molecule has 0 bridgehead atoms. The molecular weight excluding hydrogens is 316 g/mol. The largest absolute Gasteiger partial charge is 0.232 e. The van der Waals surface area contributed by atoms with Crippen molar-refractivity contribution in [1.29, 1.82) is 0 Å². The molecule has 0 aliphatic heterocycles. The quantitative estimate of drug-likeness (QED) is 0.635. The zero-order valence-corrected chi connectivity index (χ0v) is 15.1. The van der Waals surface area contributed by atoms with E-state index < -0.39 is 0 Å². The van der Waals surface area contributed by atoms with Crippen molar-refractivity contribution >= 4 is 11.8 Å². The van der Waals surface area contributed by atoms with Crippen LogP contribution in [0, 0.1) is 6.92 Å². The van der Waals surface area contributed by atoms with Crippen LogP contribution in [0.4, 0.5) is 0 Å². The molecule has 0 radical (unpaired) electrons. The van der Waals surface area contributed by atoms with Crippen LogP contribution in [-0.2, 0) is 5.41 Å². The molecule has 0 amide bonds. The van der Waals surface area contributed by atoms with E-state index >= 15 is 0 Å². The van der Waals surface area contributed by atoms with Crippen molar-refractivity contribution in [3.63, 3.8) is 0 Å². The van der Waals surface area contributed by atoms with E-state index in [4.69, 9.17) is 4.98 Å². The molecule has 0 saturated carbocycles. The van der Waals surface area contributed by atoms with Crippen LogP contribution >= 0.6 is 0 Å². The lowest BCUT2D eigenvalue weighted by Gasteiger charge is -2.22. The highest BCUT2D eigenvalue weighted by molar-refractivity contribution is 5.83. The minimum Gasteiger partial charge on any atom is -0.232 e. The third-order valence-electron chi connectivity index (χ3n) is 5.44. The van der Waals surface area contributed by atoms with Crippen molar-refractivity contribution in [3.8, 4) is 22.4 Å². The number of hydrogen-bond donors (Lipinski definition) is 0. The first-order valence-electron chi connectivity index (χ1n) is 8.87. The van der Waals surface area contributed by atoms with Gasteiger partial charge in [0, 0.05) is 16.2 Å². The van der Waals surface area contributed by atoms with Crippen LogP contribution < -0.4 is 10.6 Å². The number of fused-ring (bicyclic) bond motifs is 4. The van der Waals surface area contributed by atoms with Crippen molar-refractivity contribution < 1.29 is 0 Å². The molecule has 2 aliphatic carbocycles. The zero-order valence-electron chi connectivity index (χ0n) is 15.1. The Morgan fingerprint density at radius 1 is 0.923 bits per heavy atom. The Balaban J connectivity index is 1.79. The second-order valence-electron chi connectivity index (χ2n) is 7.42. The molecule has 0 fully saturated rings. The summed E-state index contributed by atoms with van der Waals surface area (Å²) in [4.78, 5) is 9.25. The highest BCUT2D eigenvalue weighted by Crippen LogP contribution is 2.49. The van der Waals surface area contributed by atoms with Crippen LogP contribution in [0.15, 0.2) is 54.3 Å². The van der Waals surface area contributed by atoms with Gasteiger partial charge in [0.05, 0.1) is 5.69 Å². The predicted octanol–water partition coefficient (Wildman–Crippen LogP) is 3.64. The van der Waals surface area contributed by atoms with E-state index in [1.807, 2.05) is 19.1 Å². The van der Waals surface area contributed by atoms with Crippen LogP contribution in [0.3, 0.4) is 0 Å². The van der Waals surface area contributed by atoms with E-state index in [0.717, 1.165) is 27.6 Å². The van der Waals surface area contributed by atoms with Crippen molar-refractivity contribution in [3.05, 3.63) is 81.8 Å². The van der Waals surface area contributed by atoms with Crippen molar-refractivity contribution in [1.82, 2.24) is 9.97 Å². The first kappa shape index (κ1) is 15.1. The number of aromatic nitrogens is 2. The lowest BCUT2D eigenvalue weighted by molar-refractivity contribution is 0.660. The summed E-state index contributed by atoms with van der Waals surface area (Å²) in [6.45, 7) is 6.53. The molecule has 2 aliphatic rings. The van der Waals surface area contributed by atoms with Gasteiger partial charge in [-0.25, -0.2) is 9.97 Å². The number of allylic oxidation sites excluding steroid dienone is 1. The molecule has 0 saturated heterocycles. The molecule has 0 unspecified atom stereocenters. The number of aryl methyl sites for hydroxylation is 1. The average molecular weight is 334 g/mol. The van der Waals surface area contributed by atoms with Gasteiger partial charge in [-0.1, -0.05) is 56.0 Å². The third-order valence-corrected chi connectivity index (χ3v) is 5.44. The van der Waals surface area contributed by atoms with Crippen molar-refractivity contribution in [2.24, 2.45) is 0 Å². The van der Waals surface area contributed by atoms with Gasteiger partial charge in [-0.2, -0.15) is 0 Å². The highest BCUT2D eigenvalue weighted by atomic mass is 14.9. The molecule has 1 aromatic heterocycles. The Bertz CT molecular complexity index is 1280. The Kier molecular flexibility index (Phi) is 3.00. The van der Waals surface area contributed by atoms with E-state index in [1.165, 1.54) is 22.3 Å². The molecule has 0 atom stereocenters. The number of nitrogens with zero attached hydrogens (tertiary/aromatic N) is 2. The molecule has 3 aromatic rings. The minimum atomic E-state index is -0.0142. The number of rotatable bonds is 1. The first-order valence-corrected chi connectivity index (χ1v) is 8.87. The van der Waals surface area contributed by atoms with Crippen LogP contribution in [0.1, 0.15) is 30.8 Å². The molecule has 1 heterocycles. The molecule has 0 N–H and O–H groups in total. The van der Waals surface area contributed by atoms with Gasteiger partial charge in [0.15, 0.2) is 0 Å². The summed E-state index contributed by atoms with van der Waals surface area (Å²) < 4.78 is 0. The normalized spacial score (nSPS) is 14.9. The van der Waals surface area contributed by atoms with Gasteiger partial charge in [-0.05, 0) is 53.1 Å². The third kappa shape index (κ3) is 2.01. The summed E-state index contributed by atoms with van der Waals surface area (Å²) >= 11 is 0. The Labute approximate surface area is 152 Å². The molecule has 5 rings (SSSR count). The first-order chi connectivity index (χ1) is 12.6. The molecule has 0 spiro atoms. The summed E-state index contributed by atoms with van der Waals surface area (Å²) in [7, 11) is 0. The van der Waals surface area contributed by atoms with Gasteiger partial charge in [0.2, 0.25) is 0 Å². The van der Waals surface area contributed by atoms with Crippen molar-refractivity contribution in [2.45, 2.75) is 26.2 Å². The van der Waals surface area contributed by atoms with Gasteiger partial charge in [0.1, 0.15) is 11.2 Å². The summed E-state index contributed by atoms with van der Waals surface area (Å²) in [6.07, 6.45) is 3.89. The Morgan fingerprint density at radius 2 is 1.73 bits per heavy atom. The molecule has 124 valence electrons. The summed E-state index contributed by atoms with van der Waals surface area (Å²) in [6, 6.07) is 15.4. The lowest BCUT2D eigenvalue weighted by atomic mass is 9.82. The number of hydrogen-bond acceptors (Lipinski definition) is 2. The fourth-order valence-corrected chi connectivity index (χ4v) is 4.14. The highest BCUT2D eigenvalue weighted by Gasteiger charge is 2.35. The zero-order chi connectivity index (χ0) is 17.9. The fraction of sp³-hybridized carbons (Fsp3) is 0.167. The Hall–Kier alpha value is -3.18.